The zero-order valence-corrected chi connectivity index (χ0v) is 10.2. The molecule has 2 aromatic rings. The van der Waals surface area contributed by atoms with Crippen LogP contribution in [0.5, 0.6) is 11.5 Å². The monoisotopic (exact) mass is 254 g/mol. The second-order valence-electron chi connectivity index (χ2n) is 4.20. The largest absolute Gasteiger partial charge is 0.454 e. The van der Waals surface area contributed by atoms with E-state index in [0.717, 1.165) is 5.56 Å². The third-order valence-electron chi connectivity index (χ3n) is 3.06. The maximum atomic E-state index is 11.9. The summed E-state index contributed by atoms with van der Waals surface area (Å²) in [7, 11) is 1.62. The number of hydrogen-bond donors (Lipinski definition) is 0. The first-order valence-corrected chi connectivity index (χ1v) is 5.70. The molecule has 0 atom stereocenters. The summed E-state index contributed by atoms with van der Waals surface area (Å²) < 4.78 is 11.9. The van der Waals surface area contributed by atoms with Gasteiger partial charge in [0.1, 0.15) is 11.6 Å². The van der Waals surface area contributed by atoms with Crippen LogP contribution in [-0.4, -0.2) is 11.4 Å². The molecule has 0 unspecified atom stereocenters. The van der Waals surface area contributed by atoms with Gasteiger partial charge >= 0.3 is 0 Å². The number of aryl methyl sites for hydroxylation is 1. The SMILES string of the molecule is Cn1ccc(-c2ccc3c(c2)OCO3)c(C#N)c1=O. The summed E-state index contributed by atoms with van der Waals surface area (Å²) in [6.07, 6.45) is 1.64. The van der Waals surface area contributed by atoms with E-state index in [1.807, 2.05) is 12.1 Å². The zero-order chi connectivity index (χ0) is 13.4. The average Bonchev–Trinajstić information content (AvgIpc) is 2.89. The van der Waals surface area contributed by atoms with Gasteiger partial charge in [-0.2, -0.15) is 5.26 Å². The van der Waals surface area contributed by atoms with Crippen LogP contribution in [0.4, 0.5) is 0 Å². The molecule has 5 heteroatoms. The lowest BCUT2D eigenvalue weighted by molar-refractivity contribution is 0.174. The maximum absolute atomic E-state index is 11.9. The van der Waals surface area contributed by atoms with Crippen LogP contribution in [0, 0.1) is 11.3 Å². The van der Waals surface area contributed by atoms with E-state index >= 15 is 0 Å². The maximum Gasteiger partial charge on any atom is 0.268 e. The van der Waals surface area contributed by atoms with Crippen molar-refractivity contribution in [3.05, 3.63) is 46.4 Å². The van der Waals surface area contributed by atoms with Gasteiger partial charge in [0.05, 0.1) is 0 Å². The van der Waals surface area contributed by atoms with Gasteiger partial charge in [-0.25, -0.2) is 0 Å². The van der Waals surface area contributed by atoms with Crippen molar-refractivity contribution in [3.63, 3.8) is 0 Å². The third-order valence-corrected chi connectivity index (χ3v) is 3.06. The van der Waals surface area contributed by atoms with Crippen molar-refractivity contribution in [2.75, 3.05) is 6.79 Å². The van der Waals surface area contributed by atoms with Crippen LogP contribution in [0.25, 0.3) is 11.1 Å². The molecule has 2 heterocycles. The van der Waals surface area contributed by atoms with Crippen LogP contribution in [-0.2, 0) is 7.05 Å². The van der Waals surface area contributed by atoms with Crippen LogP contribution < -0.4 is 15.0 Å². The molecular weight excluding hydrogens is 244 g/mol. The minimum Gasteiger partial charge on any atom is -0.454 e. The Labute approximate surface area is 109 Å². The van der Waals surface area contributed by atoms with Gasteiger partial charge in [-0.1, -0.05) is 6.07 Å². The van der Waals surface area contributed by atoms with Gasteiger partial charge in [0.25, 0.3) is 5.56 Å². The number of fused-ring (bicyclic) bond motifs is 1. The minimum atomic E-state index is -0.308. The molecule has 0 spiro atoms. The van der Waals surface area contributed by atoms with E-state index in [9.17, 15) is 4.79 Å². The quantitative estimate of drug-likeness (QED) is 0.776. The van der Waals surface area contributed by atoms with Crippen molar-refractivity contribution < 1.29 is 9.47 Å². The molecule has 94 valence electrons. The lowest BCUT2D eigenvalue weighted by atomic mass is 10.0. The first-order valence-electron chi connectivity index (χ1n) is 5.70. The van der Waals surface area contributed by atoms with E-state index < -0.39 is 0 Å². The Morgan fingerprint density at radius 1 is 1.26 bits per heavy atom. The Kier molecular flexibility index (Phi) is 2.50. The van der Waals surface area contributed by atoms with E-state index in [1.165, 1.54) is 4.57 Å². The van der Waals surface area contributed by atoms with Crippen molar-refractivity contribution in [1.82, 2.24) is 4.57 Å². The van der Waals surface area contributed by atoms with E-state index in [2.05, 4.69) is 0 Å². The standard InChI is InChI=1S/C14H10N2O3/c1-16-5-4-10(11(7-15)14(16)17)9-2-3-12-13(6-9)19-8-18-12/h2-6H,8H2,1H3. The second kappa shape index (κ2) is 4.18. The number of rotatable bonds is 1. The normalized spacial score (nSPS) is 12.2. The predicted molar refractivity (Wildman–Crippen MR) is 68.0 cm³/mol. The molecule has 1 aliphatic heterocycles. The highest BCUT2D eigenvalue weighted by atomic mass is 16.7. The Morgan fingerprint density at radius 2 is 2.05 bits per heavy atom. The molecule has 0 N–H and O–H groups in total. The molecule has 0 saturated carbocycles. The van der Waals surface area contributed by atoms with Gasteiger partial charge in [-0.05, 0) is 23.8 Å². The van der Waals surface area contributed by atoms with E-state index in [4.69, 9.17) is 14.7 Å². The van der Waals surface area contributed by atoms with Crippen LogP contribution in [0.1, 0.15) is 5.56 Å². The zero-order valence-electron chi connectivity index (χ0n) is 10.2. The fourth-order valence-corrected chi connectivity index (χ4v) is 2.04. The van der Waals surface area contributed by atoms with Crippen molar-refractivity contribution in [2.24, 2.45) is 7.05 Å². The number of benzene rings is 1. The number of aromatic nitrogens is 1. The molecule has 0 saturated heterocycles. The second-order valence-corrected chi connectivity index (χ2v) is 4.20. The molecule has 0 aliphatic carbocycles. The summed E-state index contributed by atoms with van der Waals surface area (Å²) in [5.41, 5.74) is 1.18. The van der Waals surface area contributed by atoms with Crippen molar-refractivity contribution in [2.45, 2.75) is 0 Å². The predicted octanol–water partition coefficient (Wildman–Crippen LogP) is 1.65. The van der Waals surface area contributed by atoms with Gasteiger partial charge in [0, 0.05) is 18.8 Å². The van der Waals surface area contributed by atoms with E-state index in [0.29, 0.717) is 17.1 Å². The van der Waals surface area contributed by atoms with Crippen LogP contribution in [0.15, 0.2) is 35.3 Å². The topological polar surface area (TPSA) is 64.2 Å². The molecule has 1 aliphatic rings. The number of nitrogens with zero attached hydrogens (tertiary/aromatic N) is 2. The molecule has 1 aromatic heterocycles. The molecule has 0 fully saturated rings. The van der Waals surface area contributed by atoms with Crippen LogP contribution in [0.2, 0.25) is 0 Å². The van der Waals surface area contributed by atoms with Crippen LogP contribution in [0.3, 0.4) is 0 Å². The lowest BCUT2D eigenvalue weighted by Crippen LogP contribution is -2.19. The van der Waals surface area contributed by atoms with Gasteiger partial charge < -0.3 is 14.0 Å². The summed E-state index contributed by atoms with van der Waals surface area (Å²) in [4.78, 5) is 11.9. The number of pyridine rings is 1. The molecule has 0 bridgehead atoms. The Hall–Kier alpha value is -2.74. The Balaban J connectivity index is 2.21. The molecule has 1 aromatic carbocycles. The molecule has 0 amide bonds. The molecule has 19 heavy (non-hydrogen) atoms. The Bertz CT molecular complexity index is 756. The molecule has 0 radical (unpaired) electrons. The Morgan fingerprint density at radius 3 is 2.84 bits per heavy atom. The smallest absolute Gasteiger partial charge is 0.268 e. The summed E-state index contributed by atoms with van der Waals surface area (Å²) in [5, 5.41) is 9.16. The third kappa shape index (κ3) is 1.74. The first-order chi connectivity index (χ1) is 9.20. The summed E-state index contributed by atoms with van der Waals surface area (Å²) >= 11 is 0. The van der Waals surface area contributed by atoms with Crippen molar-refractivity contribution in [3.8, 4) is 28.7 Å². The number of hydrogen-bond acceptors (Lipinski definition) is 4. The number of ether oxygens (including phenoxy) is 2. The van der Waals surface area contributed by atoms with Gasteiger partial charge in [0.2, 0.25) is 6.79 Å². The summed E-state index contributed by atoms with van der Waals surface area (Å²) in [6, 6.07) is 9.07. The van der Waals surface area contributed by atoms with Gasteiger partial charge in [-0.3, -0.25) is 4.79 Å². The average molecular weight is 254 g/mol. The molecule has 3 rings (SSSR count). The van der Waals surface area contributed by atoms with Crippen LogP contribution >= 0.6 is 0 Å². The van der Waals surface area contributed by atoms with E-state index in [1.54, 1.807) is 31.4 Å². The number of nitriles is 1. The fourth-order valence-electron chi connectivity index (χ4n) is 2.04. The van der Waals surface area contributed by atoms with Crippen molar-refractivity contribution >= 4 is 0 Å². The lowest BCUT2D eigenvalue weighted by Gasteiger charge is -2.06. The fraction of sp³-hybridized carbons (Fsp3) is 0.143. The van der Waals surface area contributed by atoms with E-state index in [-0.39, 0.29) is 17.9 Å². The van der Waals surface area contributed by atoms with Crippen molar-refractivity contribution in [1.29, 1.82) is 5.26 Å². The molecule has 5 nitrogen and oxygen atoms in total. The van der Waals surface area contributed by atoms with Gasteiger partial charge in [-0.15, -0.1) is 0 Å². The summed E-state index contributed by atoms with van der Waals surface area (Å²) in [6.45, 7) is 0.195. The highest BCUT2D eigenvalue weighted by Gasteiger charge is 2.16. The summed E-state index contributed by atoms with van der Waals surface area (Å²) in [5.74, 6) is 1.30. The molecular formula is C14H10N2O3. The first kappa shape index (κ1) is 11.4. The minimum absolute atomic E-state index is 0.129. The highest BCUT2D eigenvalue weighted by molar-refractivity contribution is 5.72. The highest BCUT2D eigenvalue weighted by Crippen LogP contribution is 2.36. The van der Waals surface area contributed by atoms with Gasteiger partial charge in [0.15, 0.2) is 11.5 Å².